The van der Waals surface area contributed by atoms with Crippen LogP contribution in [0.4, 0.5) is 5.69 Å². The second kappa shape index (κ2) is 11.9. The van der Waals surface area contributed by atoms with E-state index in [4.69, 9.17) is 4.74 Å². The van der Waals surface area contributed by atoms with Crippen molar-refractivity contribution in [2.24, 2.45) is 5.92 Å². The molecule has 1 atom stereocenters. The number of esters is 1. The Morgan fingerprint density at radius 1 is 1.05 bits per heavy atom. The number of piperidine rings is 1. The van der Waals surface area contributed by atoms with Gasteiger partial charge in [-0.1, -0.05) is 65.9 Å². The van der Waals surface area contributed by atoms with Crippen LogP contribution in [0.25, 0.3) is 6.08 Å². The highest BCUT2D eigenvalue weighted by atomic mass is 32.2. The van der Waals surface area contributed by atoms with E-state index >= 15 is 0 Å². The summed E-state index contributed by atoms with van der Waals surface area (Å²) in [5.41, 5.74) is 4.56. The van der Waals surface area contributed by atoms with Gasteiger partial charge in [0.05, 0.1) is 29.7 Å². The predicted molar refractivity (Wildman–Crippen MR) is 154 cm³/mol. The molecule has 0 saturated carbocycles. The molecular formula is C32H32N2O4S. The van der Waals surface area contributed by atoms with Gasteiger partial charge in [0, 0.05) is 23.5 Å². The average Bonchev–Trinajstić information content (AvgIpc) is 2.95. The molecule has 0 aromatic heterocycles. The summed E-state index contributed by atoms with van der Waals surface area (Å²) in [5, 5.41) is 0. The van der Waals surface area contributed by atoms with Gasteiger partial charge in [0.25, 0.3) is 11.8 Å². The molecule has 2 amide bonds. The lowest BCUT2D eigenvalue weighted by Crippen LogP contribution is -2.42. The van der Waals surface area contributed by atoms with E-state index in [1.54, 1.807) is 24.0 Å². The number of likely N-dealkylation sites (tertiary alicyclic amines) is 1. The number of rotatable bonds is 6. The van der Waals surface area contributed by atoms with Crippen LogP contribution in [0.1, 0.15) is 46.8 Å². The Morgan fingerprint density at radius 3 is 2.62 bits per heavy atom. The van der Waals surface area contributed by atoms with Gasteiger partial charge in [-0.15, -0.1) is 0 Å². The van der Waals surface area contributed by atoms with Crippen molar-refractivity contribution in [1.29, 1.82) is 0 Å². The molecule has 2 heterocycles. The molecule has 200 valence electrons. The molecule has 0 N–H and O–H groups in total. The van der Waals surface area contributed by atoms with Crippen molar-refractivity contribution < 1.29 is 19.1 Å². The lowest BCUT2D eigenvalue weighted by atomic mass is 9.97. The van der Waals surface area contributed by atoms with Crippen molar-refractivity contribution in [2.75, 3.05) is 24.6 Å². The van der Waals surface area contributed by atoms with Gasteiger partial charge in [0.15, 0.2) is 0 Å². The number of para-hydroxylation sites is 1. The number of hydrogen-bond acceptors (Lipinski definition) is 5. The smallest absolute Gasteiger partial charge is 0.310 e. The minimum atomic E-state index is -0.272. The Bertz CT molecular complexity index is 1420. The van der Waals surface area contributed by atoms with Gasteiger partial charge < -0.3 is 14.5 Å². The SMILES string of the molecule is CCOC(=O)[C@@H]1CCCN(C(=O)c2ccc(/C=C3/Sc4ccccc4N(Cc4cccc(C)c4)C3=O)cc2)C1. The minimum absolute atomic E-state index is 0.0429. The number of nitrogens with zero attached hydrogens (tertiary/aromatic N) is 2. The van der Waals surface area contributed by atoms with Gasteiger partial charge in [-0.25, -0.2) is 0 Å². The lowest BCUT2D eigenvalue weighted by molar-refractivity contribution is -0.149. The third-order valence-corrected chi connectivity index (χ3v) is 8.12. The van der Waals surface area contributed by atoms with E-state index < -0.39 is 0 Å². The normalized spacial score (nSPS) is 18.2. The Kier molecular flexibility index (Phi) is 8.17. The number of hydrogen-bond donors (Lipinski definition) is 0. The molecule has 2 aliphatic rings. The molecule has 0 unspecified atom stereocenters. The van der Waals surface area contributed by atoms with Crippen LogP contribution >= 0.6 is 11.8 Å². The zero-order valence-corrected chi connectivity index (χ0v) is 23.1. The van der Waals surface area contributed by atoms with Crippen LogP contribution in [0.2, 0.25) is 0 Å². The molecule has 5 rings (SSSR count). The van der Waals surface area contributed by atoms with Crippen molar-refractivity contribution >= 4 is 41.3 Å². The Labute approximate surface area is 233 Å². The first-order valence-electron chi connectivity index (χ1n) is 13.3. The largest absolute Gasteiger partial charge is 0.466 e. The monoisotopic (exact) mass is 540 g/mol. The van der Waals surface area contributed by atoms with Crippen molar-refractivity contribution in [2.45, 2.75) is 38.1 Å². The van der Waals surface area contributed by atoms with E-state index in [1.807, 2.05) is 59.5 Å². The van der Waals surface area contributed by atoms with Crippen LogP contribution in [0, 0.1) is 12.8 Å². The van der Waals surface area contributed by atoms with Gasteiger partial charge in [0.2, 0.25) is 0 Å². The van der Waals surface area contributed by atoms with Crippen LogP contribution in [0.3, 0.4) is 0 Å². The van der Waals surface area contributed by atoms with Crippen molar-refractivity contribution in [3.63, 3.8) is 0 Å². The average molecular weight is 541 g/mol. The first-order chi connectivity index (χ1) is 18.9. The second-order valence-corrected chi connectivity index (χ2v) is 11.0. The molecule has 39 heavy (non-hydrogen) atoms. The van der Waals surface area contributed by atoms with Crippen molar-refractivity contribution in [1.82, 2.24) is 4.90 Å². The van der Waals surface area contributed by atoms with Gasteiger partial charge >= 0.3 is 5.97 Å². The number of carbonyl (C=O) groups excluding carboxylic acids is 3. The first-order valence-corrected chi connectivity index (χ1v) is 14.2. The molecule has 3 aromatic rings. The van der Waals surface area contributed by atoms with Gasteiger partial charge in [-0.05, 0) is 68.2 Å². The van der Waals surface area contributed by atoms with Crippen LogP contribution in [-0.4, -0.2) is 42.4 Å². The summed E-state index contributed by atoms with van der Waals surface area (Å²) in [6.07, 6.45) is 3.40. The zero-order valence-electron chi connectivity index (χ0n) is 22.3. The molecular weight excluding hydrogens is 508 g/mol. The molecule has 0 spiro atoms. The maximum absolute atomic E-state index is 13.6. The third-order valence-electron chi connectivity index (χ3n) is 7.04. The molecule has 2 aliphatic heterocycles. The van der Waals surface area contributed by atoms with Crippen LogP contribution in [0.5, 0.6) is 0 Å². The number of amides is 2. The summed E-state index contributed by atoms with van der Waals surface area (Å²) in [5.74, 6) is -0.639. The summed E-state index contributed by atoms with van der Waals surface area (Å²) >= 11 is 1.47. The number of thioether (sulfide) groups is 1. The van der Waals surface area contributed by atoms with Crippen LogP contribution < -0.4 is 4.90 Å². The zero-order chi connectivity index (χ0) is 27.4. The minimum Gasteiger partial charge on any atom is -0.466 e. The fraction of sp³-hybridized carbons (Fsp3) is 0.281. The van der Waals surface area contributed by atoms with Gasteiger partial charge in [0.1, 0.15) is 0 Å². The number of ether oxygens (including phenoxy) is 1. The first kappa shape index (κ1) is 26.8. The molecule has 1 saturated heterocycles. The summed E-state index contributed by atoms with van der Waals surface area (Å²) in [7, 11) is 0. The highest BCUT2D eigenvalue weighted by Gasteiger charge is 2.31. The molecule has 0 radical (unpaired) electrons. The number of aryl methyl sites for hydroxylation is 1. The van der Waals surface area contributed by atoms with Crippen LogP contribution in [-0.2, 0) is 20.9 Å². The molecule has 6 nitrogen and oxygen atoms in total. The van der Waals surface area contributed by atoms with E-state index in [9.17, 15) is 14.4 Å². The van der Waals surface area contributed by atoms with E-state index in [0.717, 1.165) is 40.1 Å². The molecule has 0 bridgehead atoms. The maximum atomic E-state index is 13.6. The third kappa shape index (κ3) is 6.09. The maximum Gasteiger partial charge on any atom is 0.310 e. The standard InChI is InChI=1S/C32H32N2O4S/c1-3-38-32(37)26-10-7-17-33(21-26)30(35)25-15-13-23(14-16-25)19-29-31(36)34(20-24-9-6-8-22(2)18-24)27-11-4-5-12-28(27)39-29/h4-6,8-9,11-16,18-19,26H,3,7,10,17,20-21H2,1-2H3/b29-19+/t26-/m1/s1. The van der Waals surface area contributed by atoms with Crippen molar-refractivity contribution in [3.8, 4) is 0 Å². The molecule has 3 aromatic carbocycles. The summed E-state index contributed by atoms with van der Waals surface area (Å²) in [6, 6.07) is 23.5. The number of anilines is 1. The second-order valence-electron chi connectivity index (χ2n) is 9.92. The quantitative estimate of drug-likeness (QED) is 0.280. The highest BCUT2D eigenvalue weighted by Crippen LogP contribution is 2.42. The van der Waals surface area contributed by atoms with E-state index in [2.05, 4.69) is 19.1 Å². The number of carbonyl (C=O) groups is 3. The molecule has 0 aliphatic carbocycles. The molecule has 7 heteroatoms. The lowest BCUT2D eigenvalue weighted by Gasteiger charge is -2.31. The predicted octanol–water partition coefficient (Wildman–Crippen LogP) is 6.09. The summed E-state index contributed by atoms with van der Waals surface area (Å²) in [4.78, 5) is 44.2. The van der Waals surface area contributed by atoms with Crippen LogP contribution in [0.15, 0.2) is 82.6 Å². The summed E-state index contributed by atoms with van der Waals surface area (Å²) in [6.45, 7) is 5.68. The van der Waals surface area contributed by atoms with Gasteiger partial charge in [-0.3, -0.25) is 14.4 Å². The Morgan fingerprint density at radius 2 is 1.85 bits per heavy atom. The Balaban J connectivity index is 1.34. The van der Waals surface area contributed by atoms with Crippen molar-refractivity contribution in [3.05, 3.63) is 100.0 Å². The molecule has 1 fully saturated rings. The van der Waals surface area contributed by atoms with E-state index in [1.165, 1.54) is 11.8 Å². The number of benzene rings is 3. The summed E-state index contributed by atoms with van der Waals surface area (Å²) < 4.78 is 5.16. The van der Waals surface area contributed by atoms with E-state index in [-0.39, 0.29) is 23.7 Å². The number of fused-ring (bicyclic) bond motifs is 1. The topological polar surface area (TPSA) is 66.9 Å². The highest BCUT2D eigenvalue weighted by molar-refractivity contribution is 8.04. The van der Waals surface area contributed by atoms with E-state index in [0.29, 0.717) is 36.7 Å². The fourth-order valence-corrected chi connectivity index (χ4v) is 6.14. The Hall–Kier alpha value is -3.84. The van der Waals surface area contributed by atoms with Gasteiger partial charge in [-0.2, -0.15) is 0 Å². The fourth-order valence-electron chi connectivity index (χ4n) is 5.08.